The number of anilines is 1. The Hall–Kier alpha value is -1.83. The second-order valence-corrected chi connectivity index (χ2v) is 7.18. The Kier molecular flexibility index (Phi) is 6.34. The van der Waals surface area contributed by atoms with Crippen molar-refractivity contribution in [2.75, 3.05) is 44.3 Å². The first kappa shape index (κ1) is 18.9. The van der Waals surface area contributed by atoms with Gasteiger partial charge in [-0.3, -0.25) is 9.69 Å². The Balaban J connectivity index is 1.91. The summed E-state index contributed by atoms with van der Waals surface area (Å²) in [5.74, 6) is -0.0341. The van der Waals surface area contributed by atoms with Gasteiger partial charge in [-0.15, -0.1) is 0 Å². The molecule has 0 bridgehead atoms. The Morgan fingerprint density at radius 1 is 1.27 bits per heavy atom. The molecule has 2 heterocycles. The molecule has 0 fully saturated rings. The Morgan fingerprint density at radius 3 is 2.73 bits per heavy atom. The number of hydrogen-bond acceptors (Lipinski definition) is 6. The molecule has 1 aromatic carbocycles. The summed E-state index contributed by atoms with van der Waals surface area (Å²) in [5, 5.41) is 1.19. The first-order chi connectivity index (χ1) is 12.6. The number of ether oxygens (including phenoxy) is 2. The number of benzene rings is 1. The molecular weight excluding hydrogens is 374 g/mol. The molecule has 8 heteroatoms. The fraction of sp³-hybridized carbons (Fsp3) is 0.444. The second kappa shape index (κ2) is 8.70. The summed E-state index contributed by atoms with van der Waals surface area (Å²) >= 11 is 7.70. The van der Waals surface area contributed by atoms with Gasteiger partial charge in [0.2, 0.25) is 5.76 Å². The third kappa shape index (κ3) is 4.11. The van der Waals surface area contributed by atoms with Gasteiger partial charge in [-0.25, -0.2) is 4.98 Å². The molecule has 6 nitrogen and oxygen atoms in total. The minimum Gasteiger partial charge on any atom is -0.494 e. The SMILES string of the molecule is CCN(CC)CCN(C(=O)C1=COCCO1)c1nc2c(Cl)cccc2s1. The lowest BCUT2D eigenvalue weighted by Crippen LogP contribution is -2.40. The van der Waals surface area contributed by atoms with Gasteiger partial charge in [-0.2, -0.15) is 0 Å². The molecule has 1 amide bonds. The molecule has 0 aliphatic carbocycles. The van der Waals surface area contributed by atoms with Crippen LogP contribution in [0.4, 0.5) is 5.13 Å². The number of likely N-dealkylation sites (N-methyl/N-ethyl adjacent to an activating group) is 1. The van der Waals surface area contributed by atoms with Crippen LogP contribution in [0.3, 0.4) is 0 Å². The summed E-state index contributed by atoms with van der Waals surface area (Å²) in [6, 6.07) is 5.64. The molecule has 0 saturated carbocycles. The Labute approximate surface area is 162 Å². The van der Waals surface area contributed by atoms with E-state index in [0.717, 1.165) is 24.3 Å². The van der Waals surface area contributed by atoms with Crippen molar-refractivity contribution >= 4 is 44.2 Å². The van der Waals surface area contributed by atoms with Gasteiger partial charge >= 0.3 is 0 Å². The maximum Gasteiger partial charge on any atom is 0.298 e. The summed E-state index contributed by atoms with van der Waals surface area (Å²) in [6.45, 7) is 8.13. The third-order valence-corrected chi connectivity index (χ3v) is 5.58. The van der Waals surface area contributed by atoms with E-state index in [4.69, 9.17) is 21.1 Å². The zero-order chi connectivity index (χ0) is 18.5. The summed E-state index contributed by atoms with van der Waals surface area (Å²) < 4.78 is 11.7. The lowest BCUT2D eigenvalue weighted by Gasteiger charge is -2.26. The van der Waals surface area contributed by atoms with E-state index < -0.39 is 0 Å². The molecule has 0 atom stereocenters. The molecule has 0 spiro atoms. The van der Waals surface area contributed by atoms with Gasteiger partial charge in [-0.05, 0) is 25.2 Å². The maximum atomic E-state index is 13.0. The number of amides is 1. The molecule has 1 aliphatic rings. The molecule has 26 heavy (non-hydrogen) atoms. The number of carbonyl (C=O) groups is 1. The van der Waals surface area contributed by atoms with Crippen LogP contribution in [0.1, 0.15) is 13.8 Å². The summed E-state index contributed by atoms with van der Waals surface area (Å²) in [4.78, 5) is 21.5. The summed E-state index contributed by atoms with van der Waals surface area (Å²) in [7, 11) is 0. The summed E-state index contributed by atoms with van der Waals surface area (Å²) in [5.41, 5.74) is 0.713. The van der Waals surface area contributed by atoms with Gasteiger partial charge < -0.3 is 14.4 Å². The highest BCUT2D eigenvalue weighted by atomic mass is 35.5. The predicted molar refractivity (Wildman–Crippen MR) is 105 cm³/mol. The van der Waals surface area contributed by atoms with Crippen LogP contribution in [0.5, 0.6) is 0 Å². The molecule has 2 aromatic rings. The van der Waals surface area contributed by atoms with Crippen molar-refractivity contribution in [3.8, 4) is 0 Å². The average molecular weight is 396 g/mol. The quantitative estimate of drug-likeness (QED) is 0.718. The number of halogens is 1. The molecule has 1 aliphatic heterocycles. The van der Waals surface area contributed by atoms with Crippen LogP contribution >= 0.6 is 22.9 Å². The van der Waals surface area contributed by atoms with E-state index in [2.05, 4.69) is 23.7 Å². The second-order valence-electron chi connectivity index (χ2n) is 5.77. The van der Waals surface area contributed by atoms with E-state index in [1.807, 2.05) is 12.1 Å². The standard InChI is InChI=1S/C18H22ClN3O3S/c1-3-21(4-2)8-9-22(17(23)14-12-24-10-11-25-14)18-20-16-13(19)6-5-7-15(16)26-18/h5-7,12H,3-4,8-11H2,1-2H3. The minimum atomic E-state index is -0.243. The first-order valence-corrected chi connectivity index (χ1v) is 9.87. The highest BCUT2D eigenvalue weighted by Crippen LogP contribution is 2.33. The molecule has 0 saturated heterocycles. The number of carbonyl (C=O) groups excluding carboxylic acids is 1. The fourth-order valence-corrected chi connectivity index (χ4v) is 3.99. The van der Waals surface area contributed by atoms with Crippen LogP contribution in [-0.2, 0) is 14.3 Å². The smallest absolute Gasteiger partial charge is 0.298 e. The Bertz CT molecular complexity index is 804. The van der Waals surface area contributed by atoms with Gasteiger partial charge in [0.15, 0.2) is 5.13 Å². The van der Waals surface area contributed by atoms with E-state index in [1.165, 1.54) is 17.6 Å². The number of fused-ring (bicyclic) bond motifs is 1. The Morgan fingerprint density at radius 2 is 2.08 bits per heavy atom. The summed E-state index contributed by atoms with van der Waals surface area (Å²) in [6.07, 6.45) is 1.39. The van der Waals surface area contributed by atoms with Crippen molar-refractivity contribution in [3.05, 3.63) is 35.2 Å². The van der Waals surface area contributed by atoms with E-state index in [9.17, 15) is 4.79 Å². The zero-order valence-electron chi connectivity index (χ0n) is 14.9. The number of aromatic nitrogens is 1. The third-order valence-electron chi connectivity index (χ3n) is 4.23. The number of thiazole rings is 1. The molecular formula is C18H22ClN3O3S. The lowest BCUT2D eigenvalue weighted by atomic mass is 10.3. The van der Waals surface area contributed by atoms with Gasteiger partial charge in [0.25, 0.3) is 5.91 Å². The van der Waals surface area contributed by atoms with Crippen molar-refractivity contribution in [2.24, 2.45) is 0 Å². The topological polar surface area (TPSA) is 54.9 Å². The highest BCUT2D eigenvalue weighted by Gasteiger charge is 2.26. The van der Waals surface area contributed by atoms with Crippen LogP contribution in [0, 0.1) is 0 Å². The molecule has 1 aromatic heterocycles. The largest absolute Gasteiger partial charge is 0.494 e. The van der Waals surface area contributed by atoms with Gasteiger partial charge in [-0.1, -0.05) is 42.9 Å². The predicted octanol–water partition coefficient (Wildman–Crippen LogP) is 3.51. The van der Waals surface area contributed by atoms with Crippen LogP contribution < -0.4 is 4.90 Å². The van der Waals surface area contributed by atoms with Crippen LogP contribution in [0.15, 0.2) is 30.2 Å². The highest BCUT2D eigenvalue weighted by molar-refractivity contribution is 7.22. The van der Waals surface area contributed by atoms with Crippen molar-refractivity contribution < 1.29 is 14.3 Å². The van der Waals surface area contributed by atoms with Gasteiger partial charge in [0.1, 0.15) is 25.0 Å². The number of para-hydroxylation sites is 1. The van der Waals surface area contributed by atoms with Crippen LogP contribution in [0.2, 0.25) is 5.02 Å². The minimum absolute atomic E-state index is 0.209. The lowest BCUT2D eigenvalue weighted by molar-refractivity contribution is -0.119. The monoisotopic (exact) mass is 395 g/mol. The molecule has 140 valence electrons. The zero-order valence-corrected chi connectivity index (χ0v) is 16.5. The maximum absolute atomic E-state index is 13.0. The molecule has 0 radical (unpaired) electrons. The number of hydrogen-bond donors (Lipinski definition) is 0. The van der Waals surface area contributed by atoms with Gasteiger partial charge in [0, 0.05) is 13.1 Å². The van der Waals surface area contributed by atoms with Crippen LogP contribution in [-0.4, -0.2) is 55.2 Å². The average Bonchev–Trinajstić information content (AvgIpc) is 3.11. The van der Waals surface area contributed by atoms with Gasteiger partial charge in [0.05, 0.1) is 9.72 Å². The van der Waals surface area contributed by atoms with E-state index in [-0.39, 0.29) is 11.7 Å². The molecule has 0 N–H and O–H groups in total. The van der Waals surface area contributed by atoms with Crippen molar-refractivity contribution in [2.45, 2.75) is 13.8 Å². The normalized spacial score (nSPS) is 14.1. The number of nitrogens with zero attached hydrogens (tertiary/aromatic N) is 3. The fourth-order valence-electron chi connectivity index (χ4n) is 2.70. The van der Waals surface area contributed by atoms with E-state index in [1.54, 1.807) is 11.0 Å². The molecule has 0 unspecified atom stereocenters. The van der Waals surface area contributed by atoms with E-state index >= 15 is 0 Å². The van der Waals surface area contributed by atoms with Crippen molar-refractivity contribution in [1.82, 2.24) is 9.88 Å². The van der Waals surface area contributed by atoms with Crippen molar-refractivity contribution in [1.29, 1.82) is 0 Å². The molecule has 3 rings (SSSR count). The van der Waals surface area contributed by atoms with E-state index in [0.29, 0.717) is 35.4 Å². The number of rotatable bonds is 7. The first-order valence-electron chi connectivity index (χ1n) is 8.67. The van der Waals surface area contributed by atoms with Crippen molar-refractivity contribution in [3.63, 3.8) is 0 Å². The van der Waals surface area contributed by atoms with Crippen LogP contribution in [0.25, 0.3) is 10.2 Å².